The highest BCUT2D eigenvalue weighted by molar-refractivity contribution is 6.25. The number of rotatable bonds is 5. The molecule has 218 valence electrons. The van der Waals surface area contributed by atoms with Gasteiger partial charge in [-0.15, -0.1) is 0 Å². The molecular formula is C31H34N6O5. The van der Waals surface area contributed by atoms with Gasteiger partial charge in [0.2, 0.25) is 0 Å². The van der Waals surface area contributed by atoms with Crippen molar-refractivity contribution in [2.45, 2.75) is 45.8 Å². The number of hydrogen-bond acceptors (Lipinski definition) is 9. The molecule has 0 radical (unpaired) electrons. The van der Waals surface area contributed by atoms with Gasteiger partial charge in [0, 0.05) is 28.1 Å². The van der Waals surface area contributed by atoms with Gasteiger partial charge in [-0.25, -0.2) is 0 Å². The number of amides is 1. The van der Waals surface area contributed by atoms with E-state index in [1.165, 1.54) is 0 Å². The number of anilines is 1. The topological polar surface area (TPSA) is 135 Å². The summed E-state index contributed by atoms with van der Waals surface area (Å²) in [6, 6.07) is 7.95. The van der Waals surface area contributed by atoms with E-state index < -0.39 is 0 Å². The van der Waals surface area contributed by atoms with Crippen LogP contribution >= 0.6 is 0 Å². The standard InChI is InChI=1S/C31H34N6O5/c1-15-25(16(2)42-37-15)22-13-23-21(14-24(22)39-4)26-27(33-17(3)34-30(26)36-23)19-5-6-20(29-28(19)40-11-12-41-29)31(38)35-18-7-9-32-10-8-18/h5-6,13-14,17-18,32,34,36H,7-12H2,1-4H3,(H,35,38). The molecule has 11 heteroatoms. The number of carbonyl (C=O) groups is 1. The monoisotopic (exact) mass is 570 g/mol. The minimum Gasteiger partial charge on any atom is -0.496 e. The molecule has 1 amide bonds. The Morgan fingerprint density at radius 1 is 1.05 bits per heavy atom. The molecule has 5 heterocycles. The third-order valence-corrected chi connectivity index (χ3v) is 8.20. The summed E-state index contributed by atoms with van der Waals surface area (Å²) in [5, 5.41) is 15.1. The molecule has 0 aliphatic carbocycles. The Balaban J connectivity index is 1.34. The fraction of sp³-hybridized carbons (Fsp3) is 0.387. The highest BCUT2D eigenvalue weighted by atomic mass is 16.6. The SMILES string of the molecule is COc1cc2c3c([nH]c2cc1-c1c(C)noc1C)NC(C)N=C3c1ccc(C(=O)NC2CCNCC2)c2c1OCCO2. The zero-order valence-electron chi connectivity index (χ0n) is 24.1. The van der Waals surface area contributed by atoms with E-state index in [0.717, 1.165) is 82.1 Å². The lowest BCUT2D eigenvalue weighted by atomic mass is 9.94. The molecule has 0 spiro atoms. The van der Waals surface area contributed by atoms with Crippen LogP contribution in [0.15, 0.2) is 33.8 Å². The lowest BCUT2D eigenvalue weighted by Gasteiger charge is -2.27. The van der Waals surface area contributed by atoms with Gasteiger partial charge < -0.3 is 39.7 Å². The number of ether oxygens (including phenoxy) is 3. The van der Waals surface area contributed by atoms with Gasteiger partial charge in [-0.05, 0) is 71.0 Å². The number of methoxy groups -OCH3 is 1. The van der Waals surface area contributed by atoms with Gasteiger partial charge in [0.1, 0.15) is 36.7 Å². The molecular weight excluding hydrogens is 536 g/mol. The van der Waals surface area contributed by atoms with Crippen LogP contribution in [0.25, 0.3) is 22.0 Å². The van der Waals surface area contributed by atoms with Gasteiger partial charge in [0.15, 0.2) is 11.5 Å². The lowest BCUT2D eigenvalue weighted by Crippen LogP contribution is -2.43. The van der Waals surface area contributed by atoms with Crippen molar-refractivity contribution in [1.29, 1.82) is 0 Å². The summed E-state index contributed by atoms with van der Waals surface area (Å²) in [5.41, 5.74) is 6.40. The highest BCUT2D eigenvalue weighted by Gasteiger charge is 2.32. The predicted molar refractivity (Wildman–Crippen MR) is 159 cm³/mol. The number of aliphatic imine (C=N–C) groups is 1. The van der Waals surface area contributed by atoms with Crippen LogP contribution in [0, 0.1) is 13.8 Å². The maximum absolute atomic E-state index is 13.4. The van der Waals surface area contributed by atoms with E-state index in [2.05, 4.69) is 32.2 Å². The Morgan fingerprint density at radius 3 is 2.57 bits per heavy atom. The molecule has 11 nitrogen and oxygen atoms in total. The molecule has 1 saturated heterocycles. The van der Waals surface area contributed by atoms with Crippen LogP contribution in [0.5, 0.6) is 17.2 Å². The Morgan fingerprint density at radius 2 is 1.83 bits per heavy atom. The van der Waals surface area contributed by atoms with Crippen molar-refractivity contribution in [3.8, 4) is 28.4 Å². The first-order chi connectivity index (χ1) is 20.4. The van der Waals surface area contributed by atoms with E-state index in [4.69, 9.17) is 23.7 Å². The van der Waals surface area contributed by atoms with E-state index in [1.54, 1.807) is 7.11 Å². The second-order valence-corrected chi connectivity index (χ2v) is 11.0. The molecule has 4 N–H and O–H groups in total. The second kappa shape index (κ2) is 10.4. The average Bonchev–Trinajstić information content (AvgIpc) is 3.53. The van der Waals surface area contributed by atoms with Crippen LogP contribution in [0.4, 0.5) is 5.82 Å². The summed E-state index contributed by atoms with van der Waals surface area (Å²) in [4.78, 5) is 21.9. The van der Waals surface area contributed by atoms with Crippen LogP contribution in [-0.2, 0) is 0 Å². The summed E-state index contributed by atoms with van der Waals surface area (Å²) in [5.74, 6) is 3.11. The van der Waals surface area contributed by atoms with E-state index in [0.29, 0.717) is 36.0 Å². The average molecular weight is 571 g/mol. The third kappa shape index (κ3) is 4.35. The Kier molecular flexibility index (Phi) is 6.53. The number of aromatic nitrogens is 2. The molecule has 3 aliphatic rings. The van der Waals surface area contributed by atoms with Crippen molar-refractivity contribution in [1.82, 2.24) is 20.8 Å². The fourth-order valence-electron chi connectivity index (χ4n) is 6.24. The summed E-state index contributed by atoms with van der Waals surface area (Å²) in [6.45, 7) is 8.36. The molecule has 7 rings (SSSR count). The maximum Gasteiger partial charge on any atom is 0.255 e. The third-order valence-electron chi connectivity index (χ3n) is 8.20. The van der Waals surface area contributed by atoms with Crippen LogP contribution in [0.2, 0.25) is 0 Å². The summed E-state index contributed by atoms with van der Waals surface area (Å²) in [7, 11) is 1.66. The first-order valence-corrected chi connectivity index (χ1v) is 14.4. The number of aryl methyl sites for hydroxylation is 2. The normalized spacial score (nSPS) is 18.3. The predicted octanol–water partition coefficient (Wildman–Crippen LogP) is 4.31. The number of carbonyl (C=O) groups excluding carboxylic acids is 1. The number of piperidine rings is 1. The molecule has 0 bridgehead atoms. The lowest BCUT2D eigenvalue weighted by molar-refractivity contribution is 0.0918. The van der Waals surface area contributed by atoms with Crippen molar-refractivity contribution in [2.24, 2.45) is 4.99 Å². The molecule has 1 atom stereocenters. The van der Waals surface area contributed by atoms with E-state index >= 15 is 0 Å². The van der Waals surface area contributed by atoms with Crippen molar-refractivity contribution >= 4 is 28.3 Å². The Bertz CT molecular complexity index is 1710. The number of nitrogens with zero attached hydrogens (tertiary/aromatic N) is 2. The van der Waals surface area contributed by atoms with E-state index in [1.807, 2.05) is 39.0 Å². The van der Waals surface area contributed by atoms with Gasteiger partial charge in [0.05, 0.1) is 35.2 Å². The van der Waals surface area contributed by atoms with Gasteiger partial charge >= 0.3 is 0 Å². The molecule has 1 unspecified atom stereocenters. The van der Waals surface area contributed by atoms with Crippen LogP contribution in [0.1, 0.15) is 52.7 Å². The molecule has 2 aromatic heterocycles. The highest BCUT2D eigenvalue weighted by Crippen LogP contribution is 2.44. The second-order valence-electron chi connectivity index (χ2n) is 11.0. The summed E-state index contributed by atoms with van der Waals surface area (Å²) >= 11 is 0. The molecule has 42 heavy (non-hydrogen) atoms. The van der Waals surface area contributed by atoms with Crippen LogP contribution < -0.4 is 30.2 Å². The van der Waals surface area contributed by atoms with Gasteiger partial charge in [-0.2, -0.15) is 0 Å². The maximum atomic E-state index is 13.4. The van der Waals surface area contributed by atoms with Crippen LogP contribution in [-0.4, -0.2) is 67.4 Å². The number of nitrogens with one attached hydrogen (secondary N) is 4. The number of fused-ring (bicyclic) bond motifs is 4. The zero-order chi connectivity index (χ0) is 29.0. The van der Waals surface area contributed by atoms with Crippen molar-refractivity contribution in [2.75, 3.05) is 38.7 Å². The molecule has 3 aliphatic heterocycles. The smallest absolute Gasteiger partial charge is 0.255 e. The van der Waals surface area contributed by atoms with Gasteiger partial charge in [-0.3, -0.25) is 9.79 Å². The first kappa shape index (κ1) is 26.4. The molecule has 4 aromatic rings. The fourth-order valence-corrected chi connectivity index (χ4v) is 6.24. The van der Waals surface area contributed by atoms with E-state index in [9.17, 15) is 4.79 Å². The number of benzene rings is 2. The largest absolute Gasteiger partial charge is 0.496 e. The quantitative estimate of drug-likeness (QED) is 0.279. The molecule has 1 fully saturated rings. The number of hydrogen-bond donors (Lipinski definition) is 4. The minimum atomic E-state index is -0.201. The Hall–Kier alpha value is -4.51. The molecule has 0 saturated carbocycles. The van der Waals surface area contributed by atoms with Gasteiger partial charge in [0.25, 0.3) is 5.91 Å². The summed E-state index contributed by atoms with van der Waals surface area (Å²) in [6.07, 6.45) is 1.60. The number of aromatic amines is 1. The number of H-pyrrole nitrogens is 1. The Labute approximate surface area is 243 Å². The van der Waals surface area contributed by atoms with Crippen molar-refractivity contribution in [3.05, 3.63) is 52.4 Å². The van der Waals surface area contributed by atoms with E-state index in [-0.39, 0.29) is 18.1 Å². The first-order valence-electron chi connectivity index (χ1n) is 14.4. The zero-order valence-corrected chi connectivity index (χ0v) is 24.1. The van der Waals surface area contributed by atoms with Crippen molar-refractivity contribution < 1.29 is 23.5 Å². The molecule has 2 aromatic carbocycles. The minimum absolute atomic E-state index is 0.132. The van der Waals surface area contributed by atoms with Crippen molar-refractivity contribution in [3.63, 3.8) is 0 Å². The van der Waals surface area contributed by atoms with Gasteiger partial charge in [-0.1, -0.05) is 5.16 Å². The summed E-state index contributed by atoms with van der Waals surface area (Å²) < 4.78 is 23.6. The van der Waals surface area contributed by atoms with Crippen LogP contribution in [0.3, 0.4) is 0 Å².